The van der Waals surface area contributed by atoms with Gasteiger partial charge in [-0.15, -0.1) is 0 Å². The number of nitrogens with one attached hydrogen (secondary N) is 1. The SMILES string of the molecule is Cc1[nH]c(=O)c(C#N)c(C)c1CCC(=O)N1CCCC(N)C1. The molecule has 1 unspecified atom stereocenters. The molecule has 2 rings (SSSR count). The summed E-state index contributed by atoms with van der Waals surface area (Å²) in [6.07, 6.45) is 2.80. The van der Waals surface area contributed by atoms with E-state index in [0.717, 1.165) is 30.6 Å². The third kappa shape index (κ3) is 3.37. The van der Waals surface area contributed by atoms with Gasteiger partial charge in [-0.25, -0.2) is 0 Å². The van der Waals surface area contributed by atoms with Crippen LogP contribution >= 0.6 is 0 Å². The predicted octanol–water partition coefficient (Wildman–Crippen LogP) is 0.746. The predicted molar refractivity (Wildman–Crippen MR) is 83.4 cm³/mol. The average molecular weight is 302 g/mol. The molecule has 1 saturated heterocycles. The Morgan fingerprint density at radius 3 is 2.86 bits per heavy atom. The first-order chi connectivity index (χ1) is 10.4. The maximum atomic E-state index is 12.3. The van der Waals surface area contributed by atoms with Crippen molar-refractivity contribution in [1.82, 2.24) is 9.88 Å². The van der Waals surface area contributed by atoms with Crippen LogP contribution in [0, 0.1) is 25.2 Å². The maximum Gasteiger partial charge on any atom is 0.266 e. The minimum Gasteiger partial charge on any atom is -0.341 e. The van der Waals surface area contributed by atoms with E-state index < -0.39 is 0 Å². The number of aromatic nitrogens is 1. The van der Waals surface area contributed by atoms with Crippen molar-refractivity contribution in [2.75, 3.05) is 13.1 Å². The molecule has 1 aromatic heterocycles. The van der Waals surface area contributed by atoms with Crippen LogP contribution in [0.3, 0.4) is 0 Å². The highest BCUT2D eigenvalue weighted by atomic mass is 16.2. The van der Waals surface area contributed by atoms with Gasteiger partial charge >= 0.3 is 0 Å². The molecule has 3 N–H and O–H groups in total. The van der Waals surface area contributed by atoms with Crippen LogP contribution in [0.1, 0.15) is 41.6 Å². The van der Waals surface area contributed by atoms with Crippen LogP contribution in [0.4, 0.5) is 0 Å². The highest BCUT2D eigenvalue weighted by Crippen LogP contribution is 2.16. The number of hydrogen-bond donors (Lipinski definition) is 2. The van der Waals surface area contributed by atoms with Crippen molar-refractivity contribution < 1.29 is 4.79 Å². The molecule has 1 fully saturated rings. The van der Waals surface area contributed by atoms with E-state index in [1.54, 1.807) is 13.8 Å². The molecule has 0 aliphatic carbocycles. The average Bonchev–Trinajstić information content (AvgIpc) is 2.46. The lowest BCUT2D eigenvalue weighted by Gasteiger charge is -2.31. The summed E-state index contributed by atoms with van der Waals surface area (Å²) in [6, 6.07) is 2.00. The number of nitrogens with zero attached hydrogens (tertiary/aromatic N) is 2. The van der Waals surface area contributed by atoms with E-state index in [1.165, 1.54) is 0 Å². The van der Waals surface area contributed by atoms with Gasteiger partial charge in [0.2, 0.25) is 5.91 Å². The van der Waals surface area contributed by atoms with E-state index in [4.69, 9.17) is 11.0 Å². The van der Waals surface area contributed by atoms with E-state index in [9.17, 15) is 9.59 Å². The maximum absolute atomic E-state index is 12.3. The van der Waals surface area contributed by atoms with Gasteiger partial charge in [-0.1, -0.05) is 0 Å². The standard InChI is InChI=1S/C16H22N4O2/c1-10-13(11(2)19-16(22)14(10)8-17)5-6-15(21)20-7-3-4-12(18)9-20/h12H,3-7,9,18H2,1-2H3,(H,19,22). The Bertz CT molecular complexity index is 672. The van der Waals surface area contributed by atoms with Gasteiger partial charge in [0.25, 0.3) is 5.56 Å². The number of amides is 1. The summed E-state index contributed by atoms with van der Waals surface area (Å²) >= 11 is 0. The van der Waals surface area contributed by atoms with Gasteiger partial charge in [0.05, 0.1) is 0 Å². The summed E-state index contributed by atoms with van der Waals surface area (Å²) in [7, 11) is 0. The van der Waals surface area contributed by atoms with Gasteiger partial charge in [0, 0.05) is 31.2 Å². The van der Waals surface area contributed by atoms with E-state index in [1.807, 2.05) is 11.0 Å². The molecule has 0 spiro atoms. The Kier molecular flexibility index (Phi) is 4.99. The second-order valence-electron chi connectivity index (χ2n) is 5.91. The summed E-state index contributed by atoms with van der Waals surface area (Å²) < 4.78 is 0. The molecule has 0 saturated carbocycles. The van der Waals surface area contributed by atoms with Gasteiger partial charge in [-0.3, -0.25) is 9.59 Å². The molecular weight excluding hydrogens is 280 g/mol. The number of hydrogen-bond acceptors (Lipinski definition) is 4. The van der Waals surface area contributed by atoms with Crippen LogP contribution in [-0.4, -0.2) is 34.9 Å². The molecule has 6 heteroatoms. The number of H-pyrrole nitrogens is 1. The van der Waals surface area contributed by atoms with Gasteiger partial charge in [-0.05, 0) is 44.2 Å². The molecular formula is C16H22N4O2. The van der Waals surface area contributed by atoms with E-state index in [2.05, 4.69) is 4.98 Å². The Balaban J connectivity index is 2.10. The zero-order valence-electron chi connectivity index (χ0n) is 13.1. The van der Waals surface area contributed by atoms with Gasteiger partial charge in [0.15, 0.2) is 0 Å². The van der Waals surface area contributed by atoms with E-state index >= 15 is 0 Å². The lowest BCUT2D eigenvalue weighted by atomic mass is 9.98. The fourth-order valence-electron chi connectivity index (χ4n) is 3.05. The Morgan fingerprint density at radius 2 is 2.23 bits per heavy atom. The number of piperidine rings is 1. The second-order valence-corrected chi connectivity index (χ2v) is 5.91. The minimum atomic E-state index is -0.366. The molecule has 1 aliphatic rings. The summed E-state index contributed by atoms with van der Waals surface area (Å²) in [5.41, 5.74) is 7.95. The highest BCUT2D eigenvalue weighted by Gasteiger charge is 2.21. The Hall–Kier alpha value is -2.13. The first-order valence-electron chi connectivity index (χ1n) is 7.59. The third-order valence-corrected chi connectivity index (χ3v) is 4.32. The third-order valence-electron chi connectivity index (χ3n) is 4.32. The Labute approximate surface area is 129 Å². The number of nitriles is 1. The largest absolute Gasteiger partial charge is 0.341 e. The monoisotopic (exact) mass is 302 g/mol. The van der Waals surface area contributed by atoms with Crippen LogP contribution in [0.5, 0.6) is 0 Å². The first kappa shape index (κ1) is 16.2. The van der Waals surface area contributed by atoms with Crippen molar-refractivity contribution in [2.24, 2.45) is 5.73 Å². The summed E-state index contributed by atoms with van der Waals surface area (Å²) in [6.45, 7) is 4.94. The fraction of sp³-hybridized carbons (Fsp3) is 0.562. The summed E-state index contributed by atoms with van der Waals surface area (Å²) in [5, 5.41) is 9.07. The molecule has 0 radical (unpaired) electrons. The topological polar surface area (TPSA) is 103 Å². The van der Waals surface area contributed by atoms with Crippen molar-refractivity contribution in [3.63, 3.8) is 0 Å². The number of carbonyl (C=O) groups is 1. The van der Waals surface area contributed by atoms with Crippen LogP contribution < -0.4 is 11.3 Å². The molecule has 1 amide bonds. The molecule has 22 heavy (non-hydrogen) atoms. The molecule has 0 aromatic carbocycles. The molecule has 0 bridgehead atoms. The van der Waals surface area contributed by atoms with Crippen LogP contribution in [0.2, 0.25) is 0 Å². The van der Waals surface area contributed by atoms with Crippen LogP contribution in [-0.2, 0) is 11.2 Å². The molecule has 1 atom stereocenters. The molecule has 1 aromatic rings. The van der Waals surface area contributed by atoms with Crippen molar-refractivity contribution in [1.29, 1.82) is 5.26 Å². The van der Waals surface area contributed by atoms with Gasteiger partial charge in [-0.2, -0.15) is 5.26 Å². The van der Waals surface area contributed by atoms with Crippen molar-refractivity contribution >= 4 is 5.91 Å². The number of nitrogens with two attached hydrogens (primary N) is 1. The lowest BCUT2D eigenvalue weighted by Crippen LogP contribution is -2.45. The second kappa shape index (κ2) is 6.75. The summed E-state index contributed by atoms with van der Waals surface area (Å²) in [5.74, 6) is 0.0821. The van der Waals surface area contributed by atoms with Gasteiger partial charge in [0.1, 0.15) is 11.6 Å². The van der Waals surface area contributed by atoms with E-state index in [-0.39, 0.29) is 23.1 Å². The van der Waals surface area contributed by atoms with Crippen LogP contribution in [0.15, 0.2) is 4.79 Å². The molecule has 2 heterocycles. The first-order valence-corrected chi connectivity index (χ1v) is 7.59. The quantitative estimate of drug-likeness (QED) is 0.859. The van der Waals surface area contributed by atoms with Crippen molar-refractivity contribution in [3.8, 4) is 6.07 Å². The molecule has 118 valence electrons. The fourth-order valence-corrected chi connectivity index (χ4v) is 3.05. The molecule has 6 nitrogen and oxygen atoms in total. The lowest BCUT2D eigenvalue weighted by molar-refractivity contribution is -0.132. The number of carbonyl (C=O) groups excluding carboxylic acids is 1. The zero-order valence-corrected chi connectivity index (χ0v) is 13.1. The summed E-state index contributed by atoms with van der Waals surface area (Å²) in [4.78, 5) is 28.5. The number of aryl methyl sites for hydroxylation is 1. The molecule has 1 aliphatic heterocycles. The Morgan fingerprint density at radius 1 is 1.50 bits per heavy atom. The van der Waals surface area contributed by atoms with Gasteiger partial charge < -0.3 is 15.6 Å². The highest BCUT2D eigenvalue weighted by molar-refractivity contribution is 5.76. The number of aromatic amines is 1. The number of rotatable bonds is 3. The van der Waals surface area contributed by atoms with Crippen LogP contribution in [0.25, 0.3) is 0 Å². The van der Waals surface area contributed by atoms with Crippen molar-refractivity contribution in [2.45, 2.75) is 45.6 Å². The smallest absolute Gasteiger partial charge is 0.266 e. The number of pyridine rings is 1. The minimum absolute atomic E-state index is 0.0689. The normalized spacial score (nSPS) is 18.1. The van der Waals surface area contributed by atoms with Crippen molar-refractivity contribution in [3.05, 3.63) is 32.7 Å². The zero-order chi connectivity index (χ0) is 16.3. The number of likely N-dealkylation sites (tertiary alicyclic amines) is 1. The van der Waals surface area contributed by atoms with E-state index in [0.29, 0.717) is 24.9 Å².